The highest BCUT2D eigenvalue weighted by molar-refractivity contribution is 5.89. The van der Waals surface area contributed by atoms with E-state index in [1.165, 1.54) is 6.42 Å². The first kappa shape index (κ1) is 15.8. The van der Waals surface area contributed by atoms with E-state index in [9.17, 15) is 4.79 Å². The summed E-state index contributed by atoms with van der Waals surface area (Å²) >= 11 is 0. The Bertz CT molecular complexity index is 388. The number of ether oxygens (including phenoxy) is 2. The number of carbonyl (C=O) groups is 1. The molecule has 0 aliphatic carbocycles. The lowest BCUT2D eigenvalue weighted by molar-refractivity contribution is 0.0526. The Morgan fingerprint density at radius 2 is 2.11 bits per heavy atom. The van der Waals surface area contributed by atoms with E-state index < -0.39 is 0 Å². The van der Waals surface area contributed by atoms with Crippen LogP contribution in [0.15, 0.2) is 24.3 Å². The zero-order chi connectivity index (χ0) is 12.8. The Kier molecular flexibility index (Phi) is 6.67. The smallest absolute Gasteiger partial charge is 0.338 e. The molecule has 5 heteroatoms. The van der Waals surface area contributed by atoms with Crippen LogP contribution in [-0.2, 0) is 4.74 Å². The first-order chi connectivity index (χ1) is 8.79. The SMILES string of the molecule is CCOC(=O)c1ccc(OCC2CCNC2)cc1.Cl. The predicted octanol–water partition coefficient (Wildman–Crippen LogP) is 2.27. The fraction of sp³-hybridized carbons (Fsp3) is 0.500. The fourth-order valence-corrected chi connectivity index (χ4v) is 1.97. The van der Waals surface area contributed by atoms with Crippen LogP contribution in [-0.4, -0.2) is 32.3 Å². The standard InChI is InChI=1S/C14H19NO3.ClH/c1-2-17-14(16)12-3-5-13(6-4-12)18-10-11-7-8-15-9-11;/h3-6,11,15H,2,7-10H2,1H3;1H. The van der Waals surface area contributed by atoms with Crippen LogP contribution in [0.2, 0.25) is 0 Å². The molecule has 1 aromatic rings. The molecule has 0 radical (unpaired) electrons. The van der Waals surface area contributed by atoms with E-state index in [0.29, 0.717) is 18.1 Å². The molecule has 19 heavy (non-hydrogen) atoms. The normalized spacial score (nSPS) is 17.6. The number of hydrogen-bond acceptors (Lipinski definition) is 4. The molecule has 1 N–H and O–H groups in total. The molecule has 1 atom stereocenters. The van der Waals surface area contributed by atoms with E-state index in [4.69, 9.17) is 9.47 Å². The number of hydrogen-bond donors (Lipinski definition) is 1. The highest BCUT2D eigenvalue weighted by Gasteiger charge is 2.15. The minimum absolute atomic E-state index is 0. The van der Waals surface area contributed by atoms with E-state index in [-0.39, 0.29) is 18.4 Å². The van der Waals surface area contributed by atoms with Crippen LogP contribution in [0.4, 0.5) is 0 Å². The Morgan fingerprint density at radius 3 is 2.68 bits per heavy atom. The van der Waals surface area contributed by atoms with Crippen LogP contribution in [0.5, 0.6) is 5.75 Å². The molecule has 1 aliphatic heterocycles. The number of nitrogens with one attached hydrogen (secondary N) is 1. The van der Waals surface area contributed by atoms with Gasteiger partial charge in [0.1, 0.15) is 5.75 Å². The molecule has 106 valence electrons. The maximum atomic E-state index is 11.5. The molecule has 2 rings (SSSR count). The summed E-state index contributed by atoms with van der Waals surface area (Å²) in [6, 6.07) is 7.10. The summed E-state index contributed by atoms with van der Waals surface area (Å²) in [5.41, 5.74) is 0.562. The molecular formula is C14H20ClNO3. The van der Waals surface area contributed by atoms with Crippen molar-refractivity contribution in [3.63, 3.8) is 0 Å². The van der Waals surface area contributed by atoms with Crippen molar-refractivity contribution in [2.24, 2.45) is 5.92 Å². The zero-order valence-corrected chi connectivity index (χ0v) is 11.9. The molecule has 4 nitrogen and oxygen atoms in total. The van der Waals surface area contributed by atoms with E-state index in [1.807, 2.05) is 12.1 Å². The van der Waals surface area contributed by atoms with Crippen molar-refractivity contribution in [2.45, 2.75) is 13.3 Å². The van der Waals surface area contributed by atoms with Gasteiger partial charge in [-0.2, -0.15) is 0 Å². The third kappa shape index (κ3) is 4.73. The van der Waals surface area contributed by atoms with E-state index in [2.05, 4.69) is 5.32 Å². The van der Waals surface area contributed by atoms with Gasteiger partial charge in [0.2, 0.25) is 0 Å². The highest BCUT2D eigenvalue weighted by Crippen LogP contribution is 2.15. The average Bonchev–Trinajstić information content (AvgIpc) is 2.90. The van der Waals surface area contributed by atoms with Crippen LogP contribution in [0.25, 0.3) is 0 Å². The van der Waals surface area contributed by atoms with Crippen molar-refractivity contribution in [3.05, 3.63) is 29.8 Å². The van der Waals surface area contributed by atoms with Crippen molar-refractivity contribution in [3.8, 4) is 5.75 Å². The average molecular weight is 286 g/mol. The van der Waals surface area contributed by atoms with Crippen LogP contribution < -0.4 is 10.1 Å². The lowest BCUT2D eigenvalue weighted by Crippen LogP contribution is -2.15. The van der Waals surface area contributed by atoms with Crippen LogP contribution in [0, 0.1) is 5.92 Å². The van der Waals surface area contributed by atoms with Crippen molar-refractivity contribution in [2.75, 3.05) is 26.3 Å². The molecule has 0 aromatic heterocycles. The molecule has 0 amide bonds. The molecule has 1 saturated heterocycles. The molecule has 1 aromatic carbocycles. The van der Waals surface area contributed by atoms with Crippen LogP contribution in [0.3, 0.4) is 0 Å². The maximum absolute atomic E-state index is 11.5. The van der Waals surface area contributed by atoms with Gasteiger partial charge in [-0.1, -0.05) is 0 Å². The largest absolute Gasteiger partial charge is 0.493 e. The number of rotatable bonds is 5. The van der Waals surface area contributed by atoms with E-state index >= 15 is 0 Å². The number of halogens is 1. The van der Waals surface area contributed by atoms with Crippen molar-refractivity contribution in [1.29, 1.82) is 0 Å². The molecule has 1 unspecified atom stereocenters. The van der Waals surface area contributed by atoms with Gasteiger partial charge in [-0.3, -0.25) is 0 Å². The van der Waals surface area contributed by atoms with Gasteiger partial charge in [0.15, 0.2) is 0 Å². The molecule has 1 heterocycles. The molecule has 0 spiro atoms. The van der Waals surface area contributed by atoms with Crippen LogP contribution in [0.1, 0.15) is 23.7 Å². The summed E-state index contributed by atoms with van der Waals surface area (Å²) in [6.45, 7) is 5.03. The van der Waals surface area contributed by atoms with Gasteiger partial charge < -0.3 is 14.8 Å². The van der Waals surface area contributed by atoms with Gasteiger partial charge in [0, 0.05) is 12.5 Å². The second-order valence-electron chi connectivity index (χ2n) is 4.41. The predicted molar refractivity (Wildman–Crippen MR) is 76.1 cm³/mol. The lowest BCUT2D eigenvalue weighted by atomic mass is 10.1. The number of benzene rings is 1. The summed E-state index contributed by atoms with van der Waals surface area (Å²) in [4.78, 5) is 11.5. The minimum atomic E-state index is -0.288. The van der Waals surface area contributed by atoms with Gasteiger partial charge >= 0.3 is 5.97 Å². The molecule has 0 bridgehead atoms. The fourth-order valence-electron chi connectivity index (χ4n) is 1.97. The Balaban J connectivity index is 0.00000180. The summed E-state index contributed by atoms with van der Waals surface area (Å²) in [7, 11) is 0. The third-order valence-electron chi connectivity index (χ3n) is 3.01. The second-order valence-corrected chi connectivity index (χ2v) is 4.41. The van der Waals surface area contributed by atoms with Crippen molar-refractivity contribution >= 4 is 18.4 Å². The Labute approximate surface area is 119 Å². The van der Waals surface area contributed by atoms with Gasteiger partial charge in [0.25, 0.3) is 0 Å². The summed E-state index contributed by atoms with van der Waals surface area (Å²) < 4.78 is 10.6. The van der Waals surface area contributed by atoms with Gasteiger partial charge in [-0.05, 0) is 44.2 Å². The molecular weight excluding hydrogens is 266 g/mol. The van der Waals surface area contributed by atoms with E-state index in [0.717, 1.165) is 25.4 Å². The number of esters is 1. The van der Waals surface area contributed by atoms with Crippen LogP contribution >= 0.6 is 12.4 Å². The quantitative estimate of drug-likeness (QED) is 0.843. The monoisotopic (exact) mass is 285 g/mol. The Hall–Kier alpha value is -1.26. The summed E-state index contributed by atoms with van der Waals surface area (Å²) in [5, 5.41) is 3.31. The second kappa shape index (κ2) is 8.02. The first-order valence-corrected chi connectivity index (χ1v) is 6.40. The molecule has 0 saturated carbocycles. The van der Waals surface area contributed by atoms with Crippen molar-refractivity contribution < 1.29 is 14.3 Å². The van der Waals surface area contributed by atoms with Gasteiger partial charge in [-0.25, -0.2) is 4.79 Å². The number of carbonyl (C=O) groups excluding carboxylic acids is 1. The minimum Gasteiger partial charge on any atom is -0.493 e. The lowest BCUT2D eigenvalue weighted by Gasteiger charge is -2.11. The molecule has 1 fully saturated rings. The molecule has 1 aliphatic rings. The highest BCUT2D eigenvalue weighted by atomic mass is 35.5. The zero-order valence-electron chi connectivity index (χ0n) is 11.1. The first-order valence-electron chi connectivity index (χ1n) is 6.40. The van der Waals surface area contributed by atoms with E-state index in [1.54, 1.807) is 19.1 Å². The third-order valence-corrected chi connectivity index (χ3v) is 3.01. The summed E-state index contributed by atoms with van der Waals surface area (Å²) in [5.74, 6) is 1.11. The summed E-state index contributed by atoms with van der Waals surface area (Å²) in [6.07, 6.45) is 1.17. The maximum Gasteiger partial charge on any atom is 0.338 e. The van der Waals surface area contributed by atoms with Gasteiger partial charge in [0.05, 0.1) is 18.8 Å². The van der Waals surface area contributed by atoms with Gasteiger partial charge in [-0.15, -0.1) is 12.4 Å². The van der Waals surface area contributed by atoms with Crippen molar-refractivity contribution in [1.82, 2.24) is 5.32 Å². The Morgan fingerprint density at radius 1 is 1.37 bits per heavy atom. The topological polar surface area (TPSA) is 47.6 Å².